The van der Waals surface area contributed by atoms with E-state index in [9.17, 15) is 0 Å². The monoisotopic (exact) mass is 248 g/mol. The smallest absolute Gasteiger partial charge is 0.0992 e. The highest BCUT2D eigenvalue weighted by Gasteiger charge is 2.10. The van der Waals surface area contributed by atoms with Gasteiger partial charge < -0.3 is 4.90 Å². The van der Waals surface area contributed by atoms with Crippen molar-refractivity contribution in [3.63, 3.8) is 0 Å². The number of rotatable bonds is 6. The quantitative estimate of drug-likeness (QED) is 0.782. The molecule has 1 atom stereocenters. The van der Waals surface area contributed by atoms with E-state index in [4.69, 9.17) is 5.26 Å². The summed E-state index contributed by atoms with van der Waals surface area (Å²) in [6.45, 7) is 3.19. The Kier molecular flexibility index (Phi) is 5.93. The summed E-state index contributed by atoms with van der Waals surface area (Å²) in [6.07, 6.45) is 2.39. The van der Waals surface area contributed by atoms with Gasteiger partial charge in [-0.2, -0.15) is 17.9 Å². The summed E-state index contributed by atoms with van der Waals surface area (Å²) in [4.78, 5) is 2.21. The molecule has 1 aromatic carbocycles. The van der Waals surface area contributed by atoms with Gasteiger partial charge in [-0.3, -0.25) is 0 Å². The second kappa shape index (κ2) is 7.24. The van der Waals surface area contributed by atoms with Crippen molar-refractivity contribution in [2.45, 2.75) is 19.8 Å². The molecule has 0 bridgehead atoms. The summed E-state index contributed by atoms with van der Waals surface area (Å²) >= 11 is 4.40. The van der Waals surface area contributed by atoms with Crippen molar-refractivity contribution < 1.29 is 0 Å². The molecule has 3 heteroatoms. The first-order chi connectivity index (χ1) is 8.21. The van der Waals surface area contributed by atoms with Crippen LogP contribution < -0.4 is 4.90 Å². The molecule has 92 valence electrons. The summed E-state index contributed by atoms with van der Waals surface area (Å²) in [6, 6.07) is 9.91. The zero-order chi connectivity index (χ0) is 12.7. The Morgan fingerprint density at radius 1 is 1.47 bits per heavy atom. The molecule has 0 amide bonds. The third-order valence-corrected chi connectivity index (χ3v) is 3.42. The average Bonchev–Trinajstić information content (AvgIpc) is 2.38. The van der Waals surface area contributed by atoms with E-state index >= 15 is 0 Å². The third-order valence-electron chi connectivity index (χ3n) is 2.90. The molecule has 17 heavy (non-hydrogen) atoms. The number of benzene rings is 1. The van der Waals surface area contributed by atoms with Crippen LogP contribution in [0.4, 0.5) is 5.69 Å². The van der Waals surface area contributed by atoms with Gasteiger partial charge in [0.05, 0.1) is 11.6 Å². The summed E-state index contributed by atoms with van der Waals surface area (Å²) in [5.41, 5.74) is 1.82. The van der Waals surface area contributed by atoms with E-state index in [2.05, 4.69) is 37.6 Å². The zero-order valence-corrected chi connectivity index (χ0v) is 11.5. The molecule has 0 saturated heterocycles. The fourth-order valence-electron chi connectivity index (χ4n) is 1.95. The van der Waals surface area contributed by atoms with E-state index in [-0.39, 0.29) is 0 Å². The molecular weight excluding hydrogens is 228 g/mol. The maximum Gasteiger partial charge on any atom is 0.0992 e. The summed E-state index contributed by atoms with van der Waals surface area (Å²) in [5.74, 6) is 1.52. The van der Waals surface area contributed by atoms with Crippen LogP contribution in [0.2, 0.25) is 0 Å². The molecule has 0 fully saturated rings. The van der Waals surface area contributed by atoms with Gasteiger partial charge in [0.25, 0.3) is 0 Å². The lowest BCUT2D eigenvalue weighted by Gasteiger charge is -2.24. The van der Waals surface area contributed by atoms with Gasteiger partial charge in [-0.15, -0.1) is 0 Å². The minimum absolute atomic E-state index is 0.610. The highest BCUT2D eigenvalue weighted by molar-refractivity contribution is 7.80. The van der Waals surface area contributed by atoms with Crippen LogP contribution in [-0.4, -0.2) is 19.3 Å². The molecular formula is C14H20N2S. The molecule has 0 N–H and O–H groups in total. The van der Waals surface area contributed by atoms with Gasteiger partial charge in [-0.1, -0.05) is 19.4 Å². The van der Waals surface area contributed by atoms with Gasteiger partial charge in [0.15, 0.2) is 0 Å². The molecule has 2 nitrogen and oxygen atoms in total. The predicted octanol–water partition coefficient (Wildman–Crippen LogP) is 3.34. The van der Waals surface area contributed by atoms with E-state index < -0.39 is 0 Å². The number of hydrogen-bond donors (Lipinski definition) is 1. The second-order valence-corrected chi connectivity index (χ2v) is 4.75. The molecule has 1 unspecified atom stereocenters. The fourth-order valence-corrected chi connectivity index (χ4v) is 2.25. The largest absolute Gasteiger partial charge is 0.374 e. The van der Waals surface area contributed by atoms with Crippen LogP contribution in [0.5, 0.6) is 0 Å². The standard InChI is InChI=1S/C14H20N2S/c1-3-5-13(11-17)10-16(2)14-7-4-6-12(8-14)9-15/h4,6-8,13,17H,3,5,10-11H2,1-2H3. The lowest BCUT2D eigenvalue weighted by Crippen LogP contribution is -2.26. The normalized spacial score (nSPS) is 11.9. The van der Waals surface area contributed by atoms with Crippen molar-refractivity contribution >= 4 is 18.3 Å². The Morgan fingerprint density at radius 3 is 2.82 bits per heavy atom. The SMILES string of the molecule is CCCC(CS)CN(C)c1cccc(C#N)c1. The first-order valence-electron chi connectivity index (χ1n) is 6.03. The molecule has 0 spiro atoms. The van der Waals surface area contributed by atoms with Crippen LogP contribution in [0.1, 0.15) is 25.3 Å². The maximum absolute atomic E-state index is 8.88. The van der Waals surface area contributed by atoms with Crippen molar-refractivity contribution in [2.75, 3.05) is 24.2 Å². The first kappa shape index (κ1) is 13.9. The van der Waals surface area contributed by atoms with Crippen molar-refractivity contribution in [1.82, 2.24) is 0 Å². The molecule has 0 aromatic heterocycles. The minimum Gasteiger partial charge on any atom is -0.374 e. The van der Waals surface area contributed by atoms with Crippen molar-refractivity contribution in [3.05, 3.63) is 29.8 Å². The van der Waals surface area contributed by atoms with Crippen LogP contribution in [0, 0.1) is 17.2 Å². The zero-order valence-electron chi connectivity index (χ0n) is 10.6. The van der Waals surface area contributed by atoms with Crippen LogP contribution in [0.25, 0.3) is 0 Å². The number of nitriles is 1. The maximum atomic E-state index is 8.88. The molecule has 1 rings (SSSR count). The van der Waals surface area contributed by atoms with E-state index in [0.29, 0.717) is 11.5 Å². The number of nitrogens with zero attached hydrogens (tertiary/aromatic N) is 2. The van der Waals surface area contributed by atoms with Gasteiger partial charge in [-0.05, 0) is 36.3 Å². The Bertz CT molecular complexity index is 384. The lowest BCUT2D eigenvalue weighted by molar-refractivity contribution is 0.533. The minimum atomic E-state index is 0.610. The topological polar surface area (TPSA) is 27.0 Å². The summed E-state index contributed by atoms with van der Waals surface area (Å²) in [7, 11) is 2.07. The molecule has 0 aliphatic carbocycles. The van der Waals surface area contributed by atoms with E-state index in [1.807, 2.05) is 24.3 Å². The fraction of sp³-hybridized carbons (Fsp3) is 0.500. The van der Waals surface area contributed by atoms with Crippen molar-refractivity contribution in [2.24, 2.45) is 5.92 Å². The Morgan fingerprint density at radius 2 is 2.24 bits per heavy atom. The van der Waals surface area contributed by atoms with E-state index in [1.54, 1.807) is 0 Å². The van der Waals surface area contributed by atoms with Gasteiger partial charge >= 0.3 is 0 Å². The van der Waals surface area contributed by atoms with E-state index in [0.717, 1.165) is 18.0 Å². The molecule has 1 aromatic rings. The molecule has 0 saturated carbocycles. The van der Waals surface area contributed by atoms with Crippen molar-refractivity contribution in [1.29, 1.82) is 5.26 Å². The number of hydrogen-bond acceptors (Lipinski definition) is 3. The van der Waals surface area contributed by atoms with Crippen LogP contribution in [-0.2, 0) is 0 Å². The highest BCUT2D eigenvalue weighted by Crippen LogP contribution is 2.18. The summed E-state index contributed by atoms with van der Waals surface area (Å²) in [5, 5.41) is 8.88. The molecule has 0 heterocycles. The van der Waals surface area contributed by atoms with Gasteiger partial charge in [-0.25, -0.2) is 0 Å². The molecule has 0 aliphatic rings. The lowest BCUT2D eigenvalue weighted by atomic mass is 10.1. The van der Waals surface area contributed by atoms with E-state index in [1.165, 1.54) is 12.8 Å². The Balaban J connectivity index is 2.68. The van der Waals surface area contributed by atoms with Gasteiger partial charge in [0.2, 0.25) is 0 Å². The Labute approximate surface area is 110 Å². The van der Waals surface area contributed by atoms with Crippen LogP contribution in [0.3, 0.4) is 0 Å². The predicted molar refractivity (Wildman–Crippen MR) is 76.7 cm³/mol. The first-order valence-corrected chi connectivity index (χ1v) is 6.66. The van der Waals surface area contributed by atoms with Crippen molar-refractivity contribution in [3.8, 4) is 6.07 Å². The third kappa shape index (κ3) is 4.32. The highest BCUT2D eigenvalue weighted by atomic mass is 32.1. The molecule has 0 aliphatic heterocycles. The van der Waals surface area contributed by atoms with Crippen LogP contribution in [0.15, 0.2) is 24.3 Å². The van der Waals surface area contributed by atoms with Gasteiger partial charge in [0.1, 0.15) is 0 Å². The Hall–Kier alpha value is -1.14. The van der Waals surface area contributed by atoms with Crippen LogP contribution >= 0.6 is 12.6 Å². The molecule has 0 radical (unpaired) electrons. The second-order valence-electron chi connectivity index (χ2n) is 4.38. The van der Waals surface area contributed by atoms with Gasteiger partial charge in [0, 0.05) is 19.3 Å². The average molecular weight is 248 g/mol. The summed E-state index contributed by atoms with van der Waals surface area (Å²) < 4.78 is 0. The number of anilines is 1. The number of thiol groups is 1.